The molecule has 0 unspecified atom stereocenters. The van der Waals surface area contributed by atoms with Crippen LogP contribution in [-0.2, 0) is 11.3 Å². The number of nitrogens with two attached hydrogens (primary N) is 1. The predicted molar refractivity (Wildman–Crippen MR) is 140 cm³/mol. The van der Waals surface area contributed by atoms with Gasteiger partial charge in [0.05, 0.1) is 17.1 Å². The maximum Gasteiger partial charge on any atom is 0.408 e. The summed E-state index contributed by atoms with van der Waals surface area (Å²) in [5.41, 5.74) is 5.88. The highest BCUT2D eigenvalue weighted by Gasteiger charge is 2.43. The number of aromatic amines is 1. The average Bonchev–Trinajstić information content (AvgIpc) is 3.47. The van der Waals surface area contributed by atoms with Gasteiger partial charge in [-0.2, -0.15) is 18.3 Å². The number of aromatic nitrogens is 3. The summed E-state index contributed by atoms with van der Waals surface area (Å²) in [5.74, 6) is -1.12. The lowest BCUT2D eigenvalue weighted by molar-refractivity contribution is -0.142. The molecular formula is C24H26F4N8OS. The first-order valence-corrected chi connectivity index (χ1v) is 12.6. The molecule has 3 aromatic rings. The molecule has 2 aromatic heterocycles. The van der Waals surface area contributed by atoms with Gasteiger partial charge in [0.15, 0.2) is 5.82 Å². The number of hydrogen-bond acceptors (Lipinski definition) is 5. The fourth-order valence-electron chi connectivity index (χ4n) is 4.49. The molecule has 1 fully saturated rings. The van der Waals surface area contributed by atoms with Crippen molar-refractivity contribution >= 4 is 35.7 Å². The van der Waals surface area contributed by atoms with Crippen molar-refractivity contribution in [3.05, 3.63) is 48.0 Å². The molecule has 0 bridgehead atoms. The highest BCUT2D eigenvalue weighted by atomic mass is 32.2. The van der Waals surface area contributed by atoms with Crippen molar-refractivity contribution in [2.75, 3.05) is 24.2 Å². The van der Waals surface area contributed by atoms with Crippen molar-refractivity contribution in [2.45, 2.75) is 32.1 Å². The number of benzene rings is 1. The molecule has 0 aliphatic carbocycles. The number of hydrogen-bond donors (Lipinski definition) is 3. The SMILES string of the molecule is CSN1CCN(c2cccc(-c3cc(-c4ccnn4CC(F)(F)F)c(C(N)=NC=N)[nH]3)c2F)C(=O)C1(C)C. The largest absolute Gasteiger partial charge is 0.408 e. The maximum atomic E-state index is 16.0. The average molecular weight is 551 g/mol. The van der Waals surface area contributed by atoms with E-state index in [1.807, 2.05) is 10.6 Å². The third-order valence-corrected chi connectivity index (χ3v) is 7.38. The molecule has 0 saturated carbocycles. The number of aliphatic imine (C=N–C) groups is 1. The van der Waals surface area contributed by atoms with E-state index in [9.17, 15) is 18.0 Å². The number of anilines is 1. The number of piperazine rings is 1. The Morgan fingerprint density at radius 1 is 1.29 bits per heavy atom. The molecule has 4 rings (SSSR count). The summed E-state index contributed by atoms with van der Waals surface area (Å²) < 4.78 is 58.1. The van der Waals surface area contributed by atoms with Crippen molar-refractivity contribution in [3.63, 3.8) is 0 Å². The van der Waals surface area contributed by atoms with Gasteiger partial charge in [0, 0.05) is 36.1 Å². The topological polar surface area (TPSA) is 119 Å². The van der Waals surface area contributed by atoms with Gasteiger partial charge in [-0.05, 0) is 44.4 Å². The number of carbonyl (C=O) groups is 1. The van der Waals surface area contributed by atoms with Gasteiger partial charge in [-0.1, -0.05) is 18.0 Å². The summed E-state index contributed by atoms with van der Waals surface area (Å²) in [5, 5.41) is 11.0. The fourth-order valence-corrected chi connectivity index (χ4v) is 5.29. The second-order valence-corrected chi connectivity index (χ2v) is 9.85. The van der Waals surface area contributed by atoms with Gasteiger partial charge < -0.3 is 15.6 Å². The van der Waals surface area contributed by atoms with Gasteiger partial charge in [0.2, 0.25) is 5.91 Å². The summed E-state index contributed by atoms with van der Waals surface area (Å²) in [6.45, 7) is 3.01. The number of amides is 1. The zero-order valence-electron chi connectivity index (χ0n) is 20.8. The Morgan fingerprint density at radius 3 is 2.68 bits per heavy atom. The van der Waals surface area contributed by atoms with Crippen LogP contribution >= 0.6 is 11.9 Å². The summed E-state index contributed by atoms with van der Waals surface area (Å²) in [6, 6.07) is 7.42. The number of alkyl halides is 3. The summed E-state index contributed by atoms with van der Waals surface area (Å²) in [7, 11) is 0. The van der Waals surface area contributed by atoms with Crippen LogP contribution < -0.4 is 10.6 Å². The molecule has 1 aliphatic rings. The third kappa shape index (κ3) is 5.05. The lowest BCUT2D eigenvalue weighted by Gasteiger charge is -2.44. The minimum atomic E-state index is -4.53. The second kappa shape index (κ2) is 10.3. The van der Waals surface area contributed by atoms with E-state index in [2.05, 4.69) is 15.1 Å². The minimum Gasteiger partial charge on any atom is -0.382 e. The van der Waals surface area contributed by atoms with E-state index in [1.54, 1.807) is 19.9 Å². The summed E-state index contributed by atoms with van der Waals surface area (Å²) >= 11 is 1.44. The maximum absolute atomic E-state index is 16.0. The predicted octanol–water partition coefficient (Wildman–Crippen LogP) is 4.26. The lowest BCUT2D eigenvalue weighted by Crippen LogP contribution is -2.61. The molecule has 1 amide bonds. The summed E-state index contributed by atoms with van der Waals surface area (Å²) in [4.78, 5) is 21.4. The van der Waals surface area contributed by atoms with Crippen LogP contribution in [0.15, 0.2) is 41.5 Å². The molecule has 1 aromatic carbocycles. The van der Waals surface area contributed by atoms with Crippen LogP contribution in [0.4, 0.5) is 23.2 Å². The quantitative estimate of drug-likeness (QED) is 0.176. The van der Waals surface area contributed by atoms with Gasteiger partial charge in [-0.15, -0.1) is 0 Å². The van der Waals surface area contributed by atoms with E-state index in [1.165, 1.54) is 47.3 Å². The van der Waals surface area contributed by atoms with Crippen molar-refractivity contribution < 1.29 is 22.4 Å². The third-order valence-electron chi connectivity index (χ3n) is 6.30. The van der Waals surface area contributed by atoms with E-state index in [-0.39, 0.29) is 52.2 Å². The number of carbonyl (C=O) groups excluding carboxylic acids is 1. The van der Waals surface area contributed by atoms with Gasteiger partial charge >= 0.3 is 6.18 Å². The van der Waals surface area contributed by atoms with Gasteiger partial charge in [0.25, 0.3) is 0 Å². The van der Waals surface area contributed by atoms with Gasteiger partial charge in [-0.25, -0.2) is 13.7 Å². The van der Waals surface area contributed by atoms with Crippen molar-refractivity contribution in [1.82, 2.24) is 19.1 Å². The van der Waals surface area contributed by atoms with Crippen LogP contribution in [0.1, 0.15) is 19.5 Å². The minimum absolute atomic E-state index is 0.0737. The normalized spacial score (nSPS) is 16.8. The molecule has 38 heavy (non-hydrogen) atoms. The van der Waals surface area contributed by atoms with Crippen molar-refractivity contribution in [2.24, 2.45) is 10.7 Å². The smallest absolute Gasteiger partial charge is 0.382 e. The molecule has 1 saturated heterocycles. The molecule has 3 heterocycles. The van der Waals surface area contributed by atoms with Crippen LogP contribution in [-0.4, -0.2) is 68.2 Å². The monoisotopic (exact) mass is 550 g/mol. The Hall–Kier alpha value is -3.65. The van der Waals surface area contributed by atoms with E-state index in [0.29, 0.717) is 12.9 Å². The first-order chi connectivity index (χ1) is 17.9. The van der Waals surface area contributed by atoms with Gasteiger partial charge in [0.1, 0.15) is 24.3 Å². The van der Waals surface area contributed by atoms with Crippen molar-refractivity contribution in [1.29, 1.82) is 5.41 Å². The fraction of sp³-hybridized carbons (Fsp3) is 0.333. The van der Waals surface area contributed by atoms with E-state index >= 15 is 4.39 Å². The number of amidine groups is 1. The molecule has 0 radical (unpaired) electrons. The second-order valence-electron chi connectivity index (χ2n) is 9.04. The van der Waals surface area contributed by atoms with Crippen LogP contribution in [0, 0.1) is 11.2 Å². The highest BCUT2D eigenvalue weighted by Crippen LogP contribution is 2.37. The molecule has 1 aliphatic heterocycles. The molecular weight excluding hydrogens is 524 g/mol. The zero-order valence-corrected chi connectivity index (χ0v) is 21.6. The van der Waals surface area contributed by atoms with Crippen LogP contribution in [0.5, 0.6) is 0 Å². The molecule has 0 atom stereocenters. The van der Waals surface area contributed by atoms with Gasteiger partial charge in [-0.3, -0.25) is 14.9 Å². The van der Waals surface area contributed by atoms with E-state index < -0.39 is 24.1 Å². The molecule has 9 nitrogen and oxygen atoms in total. The Labute approximate surface area is 220 Å². The standard InChI is InChI=1S/C24H26F4N8OS/c1-23(2)22(37)34(9-10-36(23)38-3)18-6-4-5-14(19(18)25)16-11-15(20(33-16)21(30)31-13-29)17-7-8-32-35(17)12-24(26,27)28/h4-8,11,13,33H,9-10,12H2,1-3H3,(H3,29,30,31). The van der Waals surface area contributed by atoms with Crippen LogP contribution in [0.25, 0.3) is 22.5 Å². The molecule has 14 heteroatoms. The Bertz CT molecular complexity index is 1390. The molecule has 4 N–H and O–H groups in total. The number of nitrogens with one attached hydrogen (secondary N) is 2. The van der Waals surface area contributed by atoms with Crippen molar-refractivity contribution in [3.8, 4) is 22.5 Å². The number of H-pyrrole nitrogens is 1. The number of rotatable bonds is 7. The zero-order chi connectivity index (χ0) is 27.8. The molecule has 0 spiro atoms. The molecule has 202 valence electrons. The van der Waals surface area contributed by atoms with Crippen LogP contribution in [0.3, 0.4) is 0 Å². The highest BCUT2D eigenvalue weighted by molar-refractivity contribution is 7.96. The van der Waals surface area contributed by atoms with E-state index in [4.69, 9.17) is 11.1 Å². The van der Waals surface area contributed by atoms with E-state index in [0.717, 1.165) is 4.68 Å². The number of halogens is 4. The summed E-state index contributed by atoms with van der Waals surface area (Å²) in [6.07, 6.45) is -0.754. The Balaban J connectivity index is 1.82. The Morgan fingerprint density at radius 2 is 2.03 bits per heavy atom. The first kappa shape index (κ1) is 27.4. The number of nitrogens with zero attached hydrogens (tertiary/aromatic N) is 5. The lowest BCUT2D eigenvalue weighted by atomic mass is 9.99. The van der Waals surface area contributed by atoms with Crippen LogP contribution in [0.2, 0.25) is 0 Å². The first-order valence-electron chi connectivity index (χ1n) is 11.5. The Kier molecular flexibility index (Phi) is 7.39.